The summed E-state index contributed by atoms with van der Waals surface area (Å²) in [6.45, 7) is 5.49. The van der Waals surface area contributed by atoms with Crippen LogP contribution in [0.2, 0.25) is 0 Å². The Balaban J connectivity index is 2.36. The molecule has 1 N–H and O–H groups in total. The normalized spacial score (nSPS) is 22.1. The highest BCUT2D eigenvalue weighted by atomic mass is 35.7. The van der Waals surface area contributed by atoms with Gasteiger partial charge in [0.15, 0.2) is 0 Å². The van der Waals surface area contributed by atoms with E-state index in [2.05, 4.69) is 12.2 Å². The van der Waals surface area contributed by atoms with Crippen LogP contribution in [-0.4, -0.2) is 20.4 Å². The number of amides is 1. The molecule has 0 saturated heterocycles. The van der Waals surface area contributed by atoms with Crippen LogP contribution >= 0.6 is 10.7 Å². The summed E-state index contributed by atoms with van der Waals surface area (Å²) in [5.41, 5.74) is 1.64. The van der Waals surface area contributed by atoms with Gasteiger partial charge in [0, 0.05) is 22.3 Å². The number of aryl methyl sites for hydroxylation is 1. The lowest BCUT2D eigenvalue weighted by molar-refractivity contribution is 0.0949. The van der Waals surface area contributed by atoms with Gasteiger partial charge in [-0.3, -0.25) is 4.79 Å². The lowest BCUT2D eigenvalue weighted by Gasteiger charge is -2.10. The lowest BCUT2D eigenvalue weighted by Crippen LogP contribution is -2.26. The molecule has 0 spiro atoms. The van der Waals surface area contributed by atoms with Crippen LogP contribution in [0.1, 0.15) is 34.8 Å². The summed E-state index contributed by atoms with van der Waals surface area (Å²) in [5, 5.41) is 2.87. The second kappa shape index (κ2) is 4.80. The molecule has 1 fully saturated rings. The standard InChI is InChI=1S/C13H16ClNO3S/c1-7-4-10(13(16)15-11-5-8(11)2)6-12(9(7)3)19(14,17)18/h4,6,8,11H,5H2,1-3H3,(H,15,16). The van der Waals surface area contributed by atoms with Crippen molar-refractivity contribution in [3.05, 3.63) is 28.8 Å². The molecule has 0 heterocycles. The Morgan fingerprint density at radius 2 is 1.95 bits per heavy atom. The maximum absolute atomic E-state index is 12.0. The summed E-state index contributed by atoms with van der Waals surface area (Å²) >= 11 is 0. The van der Waals surface area contributed by atoms with Gasteiger partial charge in [0.2, 0.25) is 0 Å². The number of halogens is 1. The molecule has 0 radical (unpaired) electrons. The molecule has 0 aliphatic heterocycles. The van der Waals surface area contributed by atoms with Crippen molar-refractivity contribution in [2.75, 3.05) is 0 Å². The molecule has 2 unspecified atom stereocenters. The third-order valence-corrected chi connectivity index (χ3v) is 5.02. The number of hydrogen-bond acceptors (Lipinski definition) is 3. The molecule has 2 atom stereocenters. The van der Waals surface area contributed by atoms with E-state index in [1.54, 1.807) is 19.9 Å². The topological polar surface area (TPSA) is 63.2 Å². The van der Waals surface area contributed by atoms with Crippen LogP contribution in [0.4, 0.5) is 0 Å². The van der Waals surface area contributed by atoms with Gasteiger partial charge in [-0.25, -0.2) is 8.42 Å². The molecule has 0 bridgehead atoms. The zero-order chi connectivity index (χ0) is 14.4. The van der Waals surface area contributed by atoms with E-state index in [0.717, 1.165) is 12.0 Å². The van der Waals surface area contributed by atoms with Gasteiger partial charge in [0.05, 0.1) is 4.90 Å². The average molecular weight is 302 g/mol. The molecule has 1 aromatic rings. The quantitative estimate of drug-likeness (QED) is 0.872. The highest BCUT2D eigenvalue weighted by Crippen LogP contribution is 2.30. The zero-order valence-corrected chi connectivity index (χ0v) is 12.6. The fourth-order valence-corrected chi connectivity index (χ4v) is 3.26. The predicted molar refractivity (Wildman–Crippen MR) is 74.0 cm³/mol. The molecular weight excluding hydrogens is 286 g/mol. The number of rotatable bonds is 3. The van der Waals surface area contributed by atoms with Crippen LogP contribution in [0, 0.1) is 19.8 Å². The fraction of sp³-hybridized carbons (Fsp3) is 0.462. The van der Waals surface area contributed by atoms with Crippen molar-refractivity contribution in [1.29, 1.82) is 0 Å². The summed E-state index contributed by atoms with van der Waals surface area (Å²) in [6, 6.07) is 3.22. The first-order valence-corrected chi connectivity index (χ1v) is 8.38. The Labute approximate surface area is 117 Å². The van der Waals surface area contributed by atoms with Crippen LogP contribution in [-0.2, 0) is 9.05 Å². The van der Waals surface area contributed by atoms with Gasteiger partial charge in [0.25, 0.3) is 15.0 Å². The summed E-state index contributed by atoms with van der Waals surface area (Å²) < 4.78 is 23.0. The van der Waals surface area contributed by atoms with E-state index >= 15 is 0 Å². The molecule has 0 aromatic heterocycles. The van der Waals surface area contributed by atoms with E-state index < -0.39 is 9.05 Å². The second-order valence-corrected chi connectivity index (χ2v) is 7.68. The number of benzene rings is 1. The van der Waals surface area contributed by atoms with Crippen LogP contribution in [0.5, 0.6) is 0 Å². The van der Waals surface area contributed by atoms with Gasteiger partial charge in [-0.15, -0.1) is 0 Å². The molecule has 19 heavy (non-hydrogen) atoms. The van der Waals surface area contributed by atoms with Crippen LogP contribution in [0.25, 0.3) is 0 Å². The smallest absolute Gasteiger partial charge is 0.261 e. The minimum absolute atomic E-state index is 0.00293. The molecule has 1 saturated carbocycles. The van der Waals surface area contributed by atoms with E-state index in [1.807, 2.05) is 0 Å². The van der Waals surface area contributed by atoms with Crippen LogP contribution < -0.4 is 5.32 Å². The molecule has 104 valence electrons. The molecule has 1 aliphatic rings. The van der Waals surface area contributed by atoms with Crippen molar-refractivity contribution in [3.63, 3.8) is 0 Å². The number of nitrogens with one attached hydrogen (secondary N) is 1. The Morgan fingerprint density at radius 3 is 2.42 bits per heavy atom. The maximum Gasteiger partial charge on any atom is 0.261 e. The first kappa shape index (κ1) is 14.3. The molecule has 1 aromatic carbocycles. The van der Waals surface area contributed by atoms with Crippen molar-refractivity contribution >= 4 is 25.6 Å². The molecule has 6 heteroatoms. The van der Waals surface area contributed by atoms with Gasteiger partial charge in [-0.05, 0) is 49.4 Å². The van der Waals surface area contributed by atoms with Crippen molar-refractivity contribution in [2.45, 2.75) is 38.1 Å². The van der Waals surface area contributed by atoms with Gasteiger partial charge < -0.3 is 5.32 Å². The molecule has 1 aliphatic carbocycles. The lowest BCUT2D eigenvalue weighted by atomic mass is 10.1. The second-order valence-electron chi connectivity index (χ2n) is 5.15. The minimum atomic E-state index is -3.84. The van der Waals surface area contributed by atoms with E-state index in [-0.39, 0.29) is 16.8 Å². The van der Waals surface area contributed by atoms with E-state index in [1.165, 1.54) is 6.07 Å². The fourth-order valence-electron chi connectivity index (χ4n) is 1.99. The van der Waals surface area contributed by atoms with E-state index in [0.29, 0.717) is 17.0 Å². The molecule has 2 rings (SSSR count). The molecule has 4 nitrogen and oxygen atoms in total. The number of hydrogen-bond donors (Lipinski definition) is 1. The SMILES string of the molecule is Cc1cc(C(=O)NC2CC2C)cc(S(=O)(=O)Cl)c1C. The molecule has 1 amide bonds. The first-order valence-electron chi connectivity index (χ1n) is 6.07. The van der Waals surface area contributed by atoms with Gasteiger partial charge >= 0.3 is 0 Å². The number of carbonyl (C=O) groups is 1. The Kier molecular flexibility index (Phi) is 3.62. The van der Waals surface area contributed by atoms with Crippen molar-refractivity contribution in [1.82, 2.24) is 5.32 Å². The van der Waals surface area contributed by atoms with E-state index in [9.17, 15) is 13.2 Å². The average Bonchev–Trinajstić information content (AvgIpc) is 2.96. The maximum atomic E-state index is 12.0. The highest BCUT2D eigenvalue weighted by molar-refractivity contribution is 8.13. The Hall–Kier alpha value is -1.07. The van der Waals surface area contributed by atoms with E-state index in [4.69, 9.17) is 10.7 Å². The predicted octanol–water partition coefficient (Wildman–Crippen LogP) is 2.37. The Bertz CT molecular complexity index is 640. The highest BCUT2D eigenvalue weighted by Gasteiger charge is 2.34. The molecular formula is C13H16ClNO3S. The van der Waals surface area contributed by atoms with Crippen molar-refractivity contribution in [3.8, 4) is 0 Å². The zero-order valence-electron chi connectivity index (χ0n) is 11.0. The van der Waals surface area contributed by atoms with Crippen LogP contribution in [0.3, 0.4) is 0 Å². The first-order chi connectivity index (χ1) is 8.70. The van der Waals surface area contributed by atoms with Gasteiger partial charge in [-0.1, -0.05) is 6.92 Å². The van der Waals surface area contributed by atoms with Gasteiger partial charge in [-0.2, -0.15) is 0 Å². The largest absolute Gasteiger partial charge is 0.349 e. The van der Waals surface area contributed by atoms with Gasteiger partial charge in [0.1, 0.15) is 0 Å². The third kappa shape index (κ3) is 3.09. The van der Waals surface area contributed by atoms with Crippen molar-refractivity contribution in [2.24, 2.45) is 5.92 Å². The summed E-state index contributed by atoms with van der Waals surface area (Å²) in [5.74, 6) is 0.241. The van der Waals surface area contributed by atoms with Crippen LogP contribution in [0.15, 0.2) is 17.0 Å². The summed E-state index contributed by atoms with van der Waals surface area (Å²) in [6.07, 6.45) is 0.969. The number of carbonyl (C=O) groups excluding carboxylic acids is 1. The Morgan fingerprint density at radius 1 is 1.37 bits per heavy atom. The summed E-state index contributed by atoms with van der Waals surface area (Å²) in [7, 11) is 1.55. The van der Waals surface area contributed by atoms with Crippen molar-refractivity contribution < 1.29 is 13.2 Å². The minimum Gasteiger partial charge on any atom is -0.349 e. The summed E-state index contributed by atoms with van der Waals surface area (Å²) in [4.78, 5) is 12.0. The third-order valence-electron chi connectivity index (χ3n) is 3.57. The monoisotopic (exact) mass is 301 g/mol.